The van der Waals surface area contributed by atoms with Crippen LogP contribution >= 0.6 is 0 Å². The molecule has 11 heteroatoms. The zero-order chi connectivity index (χ0) is 24.0. The number of hydrogen-bond acceptors (Lipinski definition) is 6. The lowest BCUT2D eigenvalue weighted by Crippen LogP contribution is -2.51. The van der Waals surface area contributed by atoms with Gasteiger partial charge in [-0.1, -0.05) is 0 Å². The Balaban J connectivity index is 1.40. The van der Waals surface area contributed by atoms with Crippen molar-refractivity contribution in [3.63, 3.8) is 0 Å². The fourth-order valence-electron chi connectivity index (χ4n) is 4.93. The van der Waals surface area contributed by atoms with Gasteiger partial charge in [0.15, 0.2) is 0 Å². The Hall–Kier alpha value is -3.63. The molecule has 1 saturated heterocycles. The molecule has 34 heavy (non-hydrogen) atoms. The summed E-state index contributed by atoms with van der Waals surface area (Å²) in [6.45, 7) is 2.00. The SMILES string of the molecule is COc1ccc(C(=O)N2[C@H](C)[C@H]3C[C@@H](Oc4ccc(C(F)(F)F)cn4)[C@@H]2C3)c(-n2nccn2)c1. The van der Waals surface area contributed by atoms with E-state index < -0.39 is 11.7 Å². The summed E-state index contributed by atoms with van der Waals surface area (Å²) in [5.74, 6) is 0.701. The van der Waals surface area contributed by atoms with Crippen molar-refractivity contribution in [2.24, 2.45) is 5.92 Å². The number of aromatic nitrogens is 4. The van der Waals surface area contributed by atoms with Crippen LogP contribution in [0.1, 0.15) is 35.7 Å². The largest absolute Gasteiger partial charge is 0.497 e. The molecular weight excluding hydrogens is 451 g/mol. The van der Waals surface area contributed by atoms with E-state index in [-0.39, 0.29) is 35.9 Å². The molecule has 3 heterocycles. The summed E-state index contributed by atoms with van der Waals surface area (Å²) in [5.41, 5.74) is 0.0755. The molecule has 2 bridgehead atoms. The molecule has 2 aliphatic rings. The van der Waals surface area contributed by atoms with Crippen LogP contribution in [0, 0.1) is 5.92 Å². The molecule has 8 nitrogen and oxygen atoms in total. The van der Waals surface area contributed by atoms with Crippen molar-refractivity contribution in [1.29, 1.82) is 0 Å². The number of alkyl halides is 3. The first-order chi connectivity index (χ1) is 16.3. The lowest BCUT2D eigenvalue weighted by Gasteiger charge is -2.38. The van der Waals surface area contributed by atoms with Crippen molar-refractivity contribution in [3.05, 3.63) is 60.0 Å². The van der Waals surface area contributed by atoms with Gasteiger partial charge in [-0.15, -0.1) is 0 Å². The second-order valence-corrected chi connectivity index (χ2v) is 8.49. The number of pyridine rings is 1. The Kier molecular flexibility index (Phi) is 5.41. The highest BCUT2D eigenvalue weighted by Gasteiger charge is 2.53. The van der Waals surface area contributed by atoms with E-state index >= 15 is 0 Å². The number of carbonyl (C=O) groups excluding carboxylic acids is 1. The second-order valence-electron chi connectivity index (χ2n) is 8.49. The maximum absolute atomic E-state index is 13.7. The highest BCUT2D eigenvalue weighted by atomic mass is 19.4. The number of methoxy groups -OCH3 is 1. The average Bonchev–Trinajstić information content (AvgIpc) is 3.55. The summed E-state index contributed by atoms with van der Waals surface area (Å²) in [5, 5.41) is 8.32. The molecule has 5 rings (SSSR count). The van der Waals surface area contributed by atoms with Gasteiger partial charge in [-0.3, -0.25) is 4.79 Å². The molecule has 0 N–H and O–H groups in total. The minimum atomic E-state index is -4.46. The predicted molar refractivity (Wildman–Crippen MR) is 114 cm³/mol. The summed E-state index contributed by atoms with van der Waals surface area (Å²) in [6, 6.07) is 7.02. The highest BCUT2D eigenvalue weighted by molar-refractivity contribution is 5.98. The van der Waals surface area contributed by atoms with Crippen LogP contribution in [0.5, 0.6) is 11.6 Å². The van der Waals surface area contributed by atoms with E-state index in [4.69, 9.17) is 9.47 Å². The standard InChI is InChI=1S/C23H22F3N5O3/c1-13-14-9-19(20(10-14)34-21-6-3-15(12-27-21)23(24,25)26)30(13)22(32)17-5-4-16(33-2)11-18(17)31-28-7-8-29-31/h3-8,11-14,19-20H,9-10H2,1-2H3/t13-,14-,19+,20-/m1/s1. The van der Waals surface area contributed by atoms with Crippen molar-refractivity contribution in [2.75, 3.05) is 7.11 Å². The van der Waals surface area contributed by atoms with Crippen molar-refractivity contribution in [2.45, 2.75) is 44.1 Å². The van der Waals surface area contributed by atoms with Crippen molar-refractivity contribution in [1.82, 2.24) is 24.9 Å². The van der Waals surface area contributed by atoms with E-state index in [9.17, 15) is 18.0 Å². The van der Waals surface area contributed by atoms with Gasteiger partial charge < -0.3 is 14.4 Å². The van der Waals surface area contributed by atoms with Crippen LogP contribution in [0.4, 0.5) is 13.2 Å². The molecule has 2 fully saturated rings. The van der Waals surface area contributed by atoms with Gasteiger partial charge in [-0.05, 0) is 43.9 Å². The summed E-state index contributed by atoms with van der Waals surface area (Å²) in [4.78, 5) is 20.7. The van der Waals surface area contributed by atoms with E-state index in [2.05, 4.69) is 15.2 Å². The van der Waals surface area contributed by atoms with Crippen molar-refractivity contribution < 1.29 is 27.4 Å². The van der Waals surface area contributed by atoms with Crippen LogP contribution in [0.3, 0.4) is 0 Å². The Labute approximate surface area is 193 Å². The number of carbonyl (C=O) groups is 1. The fraction of sp³-hybridized carbons (Fsp3) is 0.391. The van der Waals surface area contributed by atoms with Gasteiger partial charge in [-0.2, -0.15) is 28.2 Å². The number of hydrogen-bond donors (Lipinski definition) is 0. The maximum Gasteiger partial charge on any atom is 0.417 e. The molecule has 1 aromatic carbocycles. The number of halogens is 3. The molecule has 0 spiro atoms. The molecule has 178 valence electrons. The Morgan fingerprint density at radius 1 is 1.12 bits per heavy atom. The molecule has 4 atom stereocenters. The quantitative estimate of drug-likeness (QED) is 0.561. The molecule has 2 aromatic heterocycles. The number of likely N-dealkylation sites (tertiary alicyclic amines) is 1. The Morgan fingerprint density at radius 3 is 2.50 bits per heavy atom. The zero-order valence-corrected chi connectivity index (χ0v) is 18.4. The molecule has 1 amide bonds. The highest BCUT2D eigenvalue weighted by Crippen LogP contribution is 2.45. The normalized spacial score (nSPS) is 23.9. The average molecular weight is 473 g/mol. The Morgan fingerprint density at radius 2 is 1.88 bits per heavy atom. The van der Waals surface area contributed by atoms with Gasteiger partial charge >= 0.3 is 6.18 Å². The van der Waals surface area contributed by atoms with E-state index in [1.54, 1.807) is 23.1 Å². The predicted octanol–water partition coefficient (Wildman–Crippen LogP) is 3.76. The smallest absolute Gasteiger partial charge is 0.417 e. The van der Waals surface area contributed by atoms with E-state index in [0.717, 1.165) is 18.7 Å². The second kappa shape index (κ2) is 8.30. The molecule has 0 radical (unpaired) electrons. The summed E-state index contributed by atoms with van der Waals surface area (Å²) in [6.07, 6.45) is 0.437. The summed E-state index contributed by atoms with van der Waals surface area (Å²) < 4.78 is 49.8. The van der Waals surface area contributed by atoms with Gasteiger partial charge in [0.2, 0.25) is 5.88 Å². The molecule has 1 aliphatic carbocycles. The molecule has 1 aliphatic heterocycles. The van der Waals surface area contributed by atoms with E-state index in [1.165, 1.54) is 30.4 Å². The number of fused-ring (bicyclic) bond motifs is 2. The van der Waals surface area contributed by atoms with Crippen LogP contribution in [-0.4, -0.2) is 56.1 Å². The monoisotopic (exact) mass is 473 g/mol. The number of benzene rings is 1. The van der Waals surface area contributed by atoms with Crippen LogP contribution in [0.25, 0.3) is 5.69 Å². The van der Waals surface area contributed by atoms with Crippen LogP contribution in [0.2, 0.25) is 0 Å². The molecule has 0 unspecified atom stereocenters. The molecule has 1 saturated carbocycles. The van der Waals surface area contributed by atoms with Crippen LogP contribution in [-0.2, 0) is 6.18 Å². The van der Waals surface area contributed by atoms with Gasteiger partial charge in [0.25, 0.3) is 5.91 Å². The van der Waals surface area contributed by atoms with Crippen molar-refractivity contribution >= 4 is 5.91 Å². The maximum atomic E-state index is 13.7. The van der Waals surface area contributed by atoms with Crippen molar-refractivity contribution in [3.8, 4) is 17.3 Å². The van der Waals surface area contributed by atoms with Crippen LogP contribution in [0.15, 0.2) is 48.9 Å². The first-order valence-corrected chi connectivity index (χ1v) is 10.8. The van der Waals surface area contributed by atoms with E-state index in [0.29, 0.717) is 23.4 Å². The minimum absolute atomic E-state index is 0.0153. The first kappa shape index (κ1) is 22.2. The third-order valence-electron chi connectivity index (χ3n) is 6.63. The summed E-state index contributed by atoms with van der Waals surface area (Å²) >= 11 is 0. The van der Waals surface area contributed by atoms with Gasteiger partial charge in [0.1, 0.15) is 17.5 Å². The minimum Gasteiger partial charge on any atom is -0.497 e. The van der Waals surface area contributed by atoms with Crippen LogP contribution < -0.4 is 9.47 Å². The fourth-order valence-corrected chi connectivity index (χ4v) is 4.93. The number of amides is 1. The third kappa shape index (κ3) is 3.84. The zero-order valence-electron chi connectivity index (χ0n) is 18.4. The van der Waals surface area contributed by atoms with Gasteiger partial charge in [-0.25, -0.2) is 4.98 Å². The van der Waals surface area contributed by atoms with Gasteiger partial charge in [0.05, 0.1) is 36.7 Å². The lowest BCUT2D eigenvalue weighted by molar-refractivity contribution is -0.137. The number of ether oxygens (including phenoxy) is 2. The lowest BCUT2D eigenvalue weighted by atomic mass is 9.98. The number of piperidine rings is 1. The number of nitrogens with zero attached hydrogens (tertiary/aromatic N) is 5. The first-order valence-electron chi connectivity index (χ1n) is 10.8. The Bertz CT molecular complexity index is 1180. The topological polar surface area (TPSA) is 82.4 Å². The van der Waals surface area contributed by atoms with E-state index in [1.807, 2.05) is 6.92 Å². The molecular formula is C23H22F3N5O3. The summed E-state index contributed by atoms with van der Waals surface area (Å²) in [7, 11) is 1.54. The van der Waals surface area contributed by atoms with Gasteiger partial charge in [0, 0.05) is 24.4 Å². The number of rotatable bonds is 5. The molecule has 3 aromatic rings. The third-order valence-corrected chi connectivity index (χ3v) is 6.63.